The smallest absolute Gasteiger partial charge is 0.273 e. The standard InChI is InChI=1S/C27H36N6O.C7H14/c1-5-7-9-21(17-31-20(4)8-6-2)16-30-18-26(33-29)27(34)32-24-13-23(14-24)25-12-19(3)10-11-22(25)15-28;1-3-7(4-2)5-6-7/h9-12,17-18,23-24H,4-8,13-14,16,29H2,1-3H3,(H,32,34);3-6H2,1-2H3/b21-9-,30-18?,31-17?,33-26+;. The Morgan fingerprint density at radius 2 is 1.88 bits per heavy atom. The van der Waals surface area contributed by atoms with Crippen LogP contribution < -0.4 is 11.2 Å². The van der Waals surface area contributed by atoms with E-state index in [0.29, 0.717) is 12.1 Å². The molecule has 0 unspecified atom stereocenters. The second-order valence-electron chi connectivity index (χ2n) is 11.4. The summed E-state index contributed by atoms with van der Waals surface area (Å²) in [6.07, 6.45) is 16.5. The number of nitrogens with one attached hydrogen (secondary N) is 1. The fraction of sp³-hybridized carbons (Fsp3) is 0.559. The van der Waals surface area contributed by atoms with E-state index in [-0.39, 0.29) is 23.6 Å². The quantitative estimate of drug-likeness (QED) is 0.142. The molecule has 7 nitrogen and oxygen atoms in total. The molecule has 3 N–H and O–H groups in total. The predicted octanol–water partition coefficient (Wildman–Crippen LogP) is 7.31. The molecular formula is C34H50N6O. The molecule has 2 fully saturated rings. The van der Waals surface area contributed by atoms with Crippen LogP contribution in [0.2, 0.25) is 0 Å². The first-order chi connectivity index (χ1) is 19.7. The van der Waals surface area contributed by atoms with Gasteiger partial charge in [-0.3, -0.25) is 14.8 Å². The molecule has 0 saturated heterocycles. The van der Waals surface area contributed by atoms with E-state index < -0.39 is 0 Å². The van der Waals surface area contributed by atoms with Gasteiger partial charge in [0.2, 0.25) is 0 Å². The third-order valence-electron chi connectivity index (χ3n) is 8.20. The van der Waals surface area contributed by atoms with Crippen LogP contribution in [0.4, 0.5) is 0 Å². The molecule has 0 aliphatic heterocycles. The van der Waals surface area contributed by atoms with Crippen LogP contribution >= 0.6 is 0 Å². The molecule has 7 heteroatoms. The summed E-state index contributed by atoms with van der Waals surface area (Å²) in [5.74, 6) is 5.38. The van der Waals surface area contributed by atoms with E-state index in [1.807, 2.05) is 19.1 Å². The number of carbonyl (C=O) groups is 1. The molecule has 41 heavy (non-hydrogen) atoms. The minimum absolute atomic E-state index is 0.0198. The lowest BCUT2D eigenvalue weighted by atomic mass is 9.74. The lowest BCUT2D eigenvalue weighted by molar-refractivity contribution is -0.115. The number of aliphatic imine (C=N–C) groups is 2. The van der Waals surface area contributed by atoms with Crippen molar-refractivity contribution in [2.24, 2.45) is 26.3 Å². The molecular weight excluding hydrogens is 508 g/mol. The van der Waals surface area contributed by atoms with Crippen molar-refractivity contribution in [3.63, 3.8) is 0 Å². The Hall–Kier alpha value is -3.53. The van der Waals surface area contributed by atoms with E-state index in [1.165, 1.54) is 31.9 Å². The summed E-state index contributed by atoms with van der Waals surface area (Å²) in [5.41, 5.74) is 5.59. The van der Waals surface area contributed by atoms with Crippen LogP contribution in [-0.2, 0) is 4.79 Å². The number of hydrazone groups is 1. The van der Waals surface area contributed by atoms with Crippen molar-refractivity contribution in [1.82, 2.24) is 5.32 Å². The van der Waals surface area contributed by atoms with Crippen LogP contribution in [-0.4, -0.2) is 36.6 Å². The van der Waals surface area contributed by atoms with Crippen LogP contribution in [0.25, 0.3) is 0 Å². The molecule has 222 valence electrons. The number of nitrogens with zero attached hydrogens (tertiary/aromatic N) is 4. The highest BCUT2D eigenvalue weighted by Gasteiger charge is 2.38. The third kappa shape index (κ3) is 11.1. The van der Waals surface area contributed by atoms with Gasteiger partial charge in [0.1, 0.15) is 0 Å². The lowest BCUT2D eigenvalue weighted by Crippen LogP contribution is -2.46. The van der Waals surface area contributed by atoms with E-state index in [9.17, 15) is 10.1 Å². The number of benzene rings is 1. The second kappa shape index (κ2) is 17.3. The van der Waals surface area contributed by atoms with Crippen LogP contribution in [0.1, 0.15) is 115 Å². The molecule has 3 rings (SSSR count). The van der Waals surface area contributed by atoms with Gasteiger partial charge >= 0.3 is 0 Å². The molecule has 2 aliphatic rings. The Kier molecular flexibility index (Phi) is 14.2. The Bertz CT molecular complexity index is 1170. The number of nitrogens with two attached hydrogens (primary N) is 1. The monoisotopic (exact) mass is 558 g/mol. The van der Waals surface area contributed by atoms with E-state index >= 15 is 0 Å². The summed E-state index contributed by atoms with van der Waals surface area (Å²) < 4.78 is 0. The number of aryl methyl sites for hydroxylation is 1. The molecule has 2 aliphatic carbocycles. The fourth-order valence-electron chi connectivity index (χ4n) is 4.91. The number of carbonyl (C=O) groups excluding carboxylic acids is 1. The number of nitriles is 1. The zero-order valence-electron chi connectivity index (χ0n) is 25.9. The largest absolute Gasteiger partial charge is 0.348 e. The van der Waals surface area contributed by atoms with Crippen molar-refractivity contribution < 1.29 is 4.79 Å². The zero-order valence-corrected chi connectivity index (χ0v) is 25.9. The summed E-state index contributed by atoms with van der Waals surface area (Å²) in [6, 6.07) is 8.15. The number of allylic oxidation sites excluding steroid dienone is 2. The van der Waals surface area contributed by atoms with Gasteiger partial charge in [-0.2, -0.15) is 10.4 Å². The van der Waals surface area contributed by atoms with Gasteiger partial charge in [0, 0.05) is 18.0 Å². The SMILES string of the molecule is C=C(CCC)N=C/C(=C\CCC)CN=C/C(=N\N)C(=O)NC1CC(c2cc(C)ccc2C#N)C1.CCC1(CC)CC1. The van der Waals surface area contributed by atoms with Crippen molar-refractivity contribution in [1.29, 1.82) is 5.26 Å². The first kappa shape index (κ1) is 33.7. The van der Waals surface area contributed by atoms with Gasteiger partial charge in [-0.1, -0.05) is 83.7 Å². The number of amides is 1. The topological polar surface area (TPSA) is 116 Å². The highest BCUT2D eigenvalue weighted by atomic mass is 16.2. The van der Waals surface area contributed by atoms with Crippen molar-refractivity contribution in [3.8, 4) is 6.07 Å². The van der Waals surface area contributed by atoms with Crippen LogP contribution in [0, 0.1) is 23.7 Å². The van der Waals surface area contributed by atoms with E-state index in [1.54, 1.807) is 6.21 Å². The van der Waals surface area contributed by atoms with Gasteiger partial charge in [-0.05, 0) is 74.0 Å². The summed E-state index contributed by atoms with van der Waals surface area (Å²) in [6.45, 7) is 15.2. The third-order valence-corrected chi connectivity index (χ3v) is 8.20. The molecule has 0 radical (unpaired) electrons. The molecule has 0 atom stereocenters. The Balaban J connectivity index is 0.000000729. The first-order valence-corrected chi connectivity index (χ1v) is 15.2. The highest BCUT2D eigenvalue weighted by molar-refractivity contribution is 6.60. The predicted molar refractivity (Wildman–Crippen MR) is 173 cm³/mol. The molecule has 0 spiro atoms. The lowest BCUT2D eigenvalue weighted by Gasteiger charge is -2.36. The van der Waals surface area contributed by atoms with Gasteiger partial charge in [0.25, 0.3) is 5.91 Å². The molecule has 0 heterocycles. The molecule has 0 bridgehead atoms. The maximum absolute atomic E-state index is 12.6. The van der Waals surface area contributed by atoms with Crippen molar-refractivity contribution in [3.05, 3.63) is 58.8 Å². The van der Waals surface area contributed by atoms with E-state index in [2.05, 4.69) is 72.9 Å². The molecule has 1 aromatic rings. The minimum Gasteiger partial charge on any atom is -0.348 e. The van der Waals surface area contributed by atoms with Gasteiger partial charge in [0.05, 0.1) is 24.4 Å². The average Bonchev–Trinajstić information content (AvgIpc) is 3.75. The van der Waals surface area contributed by atoms with Gasteiger partial charge < -0.3 is 11.2 Å². The number of unbranched alkanes of at least 4 members (excludes halogenated alkanes) is 1. The minimum atomic E-state index is -0.344. The molecule has 1 amide bonds. The number of hydrogen-bond donors (Lipinski definition) is 2. The molecule has 2 saturated carbocycles. The van der Waals surface area contributed by atoms with Gasteiger partial charge in [0.15, 0.2) is 5.71 Å². The van der Waals surface area contributed by atoms with Crippen LogP contribution in [0.15, 0.2) is 57.2 Å². The van der Waals surface area contributed by atoms with Gasteiger partial charge in [-0.15, -0.1) is 0 Å². The van der Waals surface area contributed by atoms with Crippen LogP contribution in [0.3, 0.4) is 0 Å². The first-order valence-electron chi connectivity index (χ1n) is 15.2. The summed E-state index contributed by atoms with van der Waals surface area (Å²) in [7, 11) is 0. The van der Waals surface area contributed by atoms with E-state index in [0.717, 1.165) is 66.3 Å². The zero-order chi connectivity index (χ0) is 30.3. The second-order valence-corrected chi connectivity index (χ2v) is 11.4. The number of rotatable bonds is 14. The number of hydrogen-bond acceptors (Lipinski definition) is 6. The van der Waals surface area contributed by atoms with Crippen molar-refractivity contribution in [2.75, 3.05) is 6.54 Å². The van der Waals surface area contributed by atoms with Gasteiger partial charge in [-0.25, -0.2) is 0 Å². The summed E-state index contributed by atoms with van der Waals surface area (Å²) in [5, 5.41) is 16.0. The molecule has 0 aromatic heterocycles. The van der Waals surface area contributed by atoms with E-state index in [4.69, 9.17) is 5.84 Å². The molecule has 1 aromatic carbocycles. The van der Waals surface area contributed by atoms with Crippen molar-refractivity contribution in [2.45, 2.75) is 111 Å². The average molecular weight is 559 g/mol. The summed E-state index contributed by atoms with van der Waals surface area (Å²) >= 11 is 0. The Morgan fingerprint density at radius 3 is 2.41 bits per heavy atom. The Labute approximate surface area is 247 Å². The van der Waals surface area contributed by atoms with Crippen LogP contribution in [0.5, 0.6) is 0 Å². The Morgan fingerprint density at radius 1 is 1.17 bits per heavy atom. The summed E-state index contributed by atoms with van der Waals surface area (Å²) in [4.78, 5) is 21.4. The maximum atomic E-state index is 12.6. The van der Waals surface area contributed by atoms with Crippen molar-refractivity contribution >= 4 is 24.0 Å². The maximum Gasteiger partial charge on any atom is 0.273 e. The highest BCUT2D eigenvalue weighted by Crippen LogP contribution is 2.51. The fourth-order valence-corrected chi connectivity index (χ4v) is 4.91. The normalized spacial score (nSPS) is 19.7.